The highest BCUT2D eigenvalue weighted by atomic mass is 16.5. The van der Waals surface area contributed by atoms with Crippen LogP contribution in [0.25, 0.3) is 12.2 Å². The molecule has 2 rings (SSSR count). The minimum atomic E-state index is 0.284. The third kappa shape index (κ3) is 5.64. The summed E-state index contributed by atoms with van der Waals surface area (Å²) in [4.78, 5) is 0. The first-order valence-corrected chi connectivity index (χ1v) is 9.16. The van der Waals surface area contributed by atoms with Crippen molar-refractivity contribution in [1.29, 1.82) is 0 Å². The number of hydrogen-bond acceptors (Lipinski definition) is 2. The summed E-state index contributed by atoms with van der Waals surface area (Å²) < 4.78 is 7.03. The Morgan fingerprint density at radius 1 is 0.880 bits per heavy atom. The van der Waals surface area contributed by atoms with E-state index in [1.165, 1.54) is 0 Å². The van der Waals surface area contributed by atoms with Gasteiger partial charge in [0.2, 0.25) is 0 Å². The summed E-state index contributed by atoms with van der Waals surface area (Å²) in [5.74, 6) is 1.20. The van der Waals surface area contributed by atoms with Crippen molar-refractivity contribution < 1.29 is 14.3 Å². The Balaban J connectivity index is 1.89. The van der Waals surface area contributed by atoms with E-state index in [4.69, 9.17) is 4.74 Å². The van der Waals surface area contributed by atoms with Crippen molar-refractivity contribution in [3.8, 4) is 11.5 Å². The lowest BCUT2D eigenvalue weighted by molar-refractivity contribution is -0.923. The lowest BCUT2D eigenvalue weighted by Crippen LogP contribution is -2.49. The van der Waals surface area contributed by atoms with Gasteiger partial charge in [-0.3, -0.25) is 0 Å². The number of benzene rings is 2. The van der Waals surface area contributed by atoms with Gasteiger partial charge in [-0.25, -0.2) is 0 Å². The van der Waals surface area contributed by atoms with Gasteiger partial charge in [-0.2, -0.15) is 0 Å². The fourth-order valence-corrected chi connectivity index (χ4v) is 3.00. The predicted octanol–water partition coefficient (Wildman–Crippen LogP) is 4.82. The van der Waals surface area contributed by atoms with Crippen LogP contribution in [-0.2, 0) is 0 Å². The Morgan fingerprint density at radius 3 is 2.12 bits per heavy atom. The van der Waals surface area contributed by atoms with Crippen LogP contribution < -0.4 is 4.74 Å². The van der Waals surface area contributed by atoms with Gasteiger partial charge in [0.15, 0.2) is 0 Å². The van der Waals surface area contributed by atoms with E-state index in [2.05, 4.69) is 32.9 Å². The Hall–Kier alpha value is -2.26. The maximum absolute atomic E-state index is 9.49. The van der Waals surface area contributed by atoms with Crippen molar-refractivity contribution in [2.24, 2.45) is 0 Å². The van der Waals surface area contributed by atoms with E-state index in [-0.39, 0.29) is 5.75 Å². The number of quaternary nitrogens is 1. The SMILES string of the molecule is CC[N+](CC)(CC)CCOc1ccc(C=Cc2cccc(O)c2)cc1. The van der Waals surface area contributed by atoms with Crippen LogP contribution in [0.5, 0.6) is 11.5 Å². The van der Waals surface area contributed by atoms with Gasteiger partial charge in [0.25, 0.3) is 0 Å². The fourth-order valence-electron chi connectivity index (χ4n) is 3.00. The van der Waals surface area contributed by atoms with Gasteiger partial charge in [-0.05, 0) is 56.2 Å². The van der Waals surface area contributed by atoms with Crippen molar-refractivity contribution in [3.63, 3.8) is 0 Å². The summed E-state index contributed by atoms with van der Waals surface area (Å²) in [7, 11) is 0. The summed E-state index contributed by atoms with van der Waals surface area (Å²) in [6.07, 6.45) is 4.02. The largest absolute Gasteiger partial charge is 0.508 e. The zero-order chi connectivity index (χ0) is 18.1. The molecular formula is C22H30NO2+. The van der Waals surface area contributed by atoms with E-state index in [1.54, 1.807) is 12.1 Å². The lowest BCUT2D eigenvalue weighted by Gasteiger charge is -2.35. The predicted molar refractivity (Wildman–Crippen MR) is 106 cm³/mol. The first-order valence-electron chi connectivity index (χ1n) is 9.16. The monoisotopic (exact) mass is 340 g/mol. The van der Waals surface area contributed by atoms with Crippen molar-refractivity contribution >= 4 is 12.2 Å². The molecule has 0 spiro atoms. The van der Waals surface area contributed by atoms with E-state index in [0.29, 0.717) is 0 Å². The molecule has 2 aromatic rings. The van der Waals surface area contributed by atoms with Crippen LogP contribution in [0.4, 0.5) is 0 Å². The standard InChI is InChI=1S/C22H29NO2/c1-4-23(5-2,6-3)16-17-25-22-14-12-19(13-15-22)10-11-20-8-7-9-21(24)18-20/h7-15,18H,4-6,16-17H2,1-3H3/p+1. The van der Waals surface area contributed by atoms with Gasteiger partial charge in [0.05, 0.1) is 19.6 Å². The molecule has 3 nitrogen and oxygen atoms in total. The summed E-state index contributed by atoms with van der Waals surface area (Å²) in [5.41, 5.74) is 2.09. The molecule has 25 heavy (non-hydrogen) atoms. The molecule has 0 unspecified atom stereocenters. The van der Waals surface area contributed by atoms with Gasteiger partial charge in [0, 0.05) is 0 Å². The van der Waals surface area contributed by atoms with E-state index >= 15 is 0 Å². The highest BCUT2D eigenvalue weighted by Gasteiger charge is 2.20. The third-order valence-electron chi connectivity index (χ3n) is 5.07. The number of nitrogens with zero attached hydrogens (tertiary/aromatic N) is 1. The maximum Gasteiger partial charge on any atom is 0.137 e. The minimum absolute atomic E-state index is 0.284. The van der Waals surface area contributed by atoms with Gasteiger partial charge in [-0.1, -0.05) is 36.4 Å². The van der Waals surface area contributed by atoms with Gasteiger partial charge < -0.3 is 14.3 Å². The van der Waals surface area contributed by atoms with Gasteiger partial charge in [0.1, 0.15) is 24.7 Å². The van der Waals surface area contributed by atoms with Gasteiger partial charge >= 0.3 is 0 Å². The van der Waals surface area contributed by atoms with Crippen molar-refractivity contribution in [1.82, 2.24) is 0 Å². The van der Waals surface area contributed by atoms with Crippen molar-refractivity contribution in [2.45, 2.75) is 20.8 Å². The molecule has 0 aliphatic rings. The second kappa shape index (κ2) is 9.28. The molecule has 0 saturated heterocycles. The Kier molecular flexibility index (Phi) is 7.08. The number of hydrogen-bond donors (Lipinski definition) is 1. The van der Waals surface area contributed by atoms with Crippen LogP contribution in [0.2, 0.25) is 0 Å². The number of ether oxygens (including phenoxy) is 1. The third-order valence-corrected chi connectivity index (χ3v) is 5.07. The first-order chi connectivity index (χ1) is 12.1. The zero-order valence-electron chi connectivity index (χ0n) is 15.6. The summed E-state index contributed by atoms with van der Waals surface area (Å²) in [6.45, 7) is 12.0. The Bertz CT molecular complexity index is 664. The smallest absolute Gasteiger partial charge is 0.137 e. The second-order valence-corrected chi connectivity index (χ2v) is 6.36. The lowest BCUT2D eigenvalue weighted by atomic mass is 10.1. The molecule has 0 bridgehead atoms. The quantitative estimate of drug-likeness (QED) is 0.524. The van der Waals surface area contributed by atoms with Crippen LogP contribution in [-0.4, -0.2) is 42.4 Å². The van der Waals surface area contributed by atoms with Crippen LogP contribution >= 0.6 is 0 Å². The molecule has 0 radical (unpaired) electrons. The van der Waals surface area contributed by atoms with Crippen molar-refractivity contribution in [2.75, 3.05) is 32.8 Å². The molecule has 2 aromatic carbocycles. The maximum atomic E-state index is 9.49. The number of phenolic OH excluding ortho intramolecular Hbond substituents is 1. The average Bonchev–Trinajstić information content (AvgIpc) is 2.65. The van der Waals surface area contributed by atoms with E-state index in [9.17, 15) is 5.11 Å². The molecule has 0 aromatic heterocycles. The summed E-state index contributed by atoms with van der Waals surface area (Å²) in [5, 5.41) is 9.49. The number of rotatable bonds is 9. The van der Waals surface area contributed by atoms with Crippen LogP contribution in [0, 0.1) is 0 Å². The number of aromatic hydroxyl groups is 1. The van der Waals surface area contributed by atoms with E-state index in [0.717, 1.165) is 54.1 Å². The number of phenols is 1. The van der Waals surface area contributed by atoms with Crippen LogP contribution in [0.3, 0.4) is 0 Å². The minimum Gasteiger partial charge on any atom is -0.508 e. The average molecular weight is 340 g/mol. The Morgan fingerprint density at radius 2 is 1.52 bits per heavy atom. The van der Waals surface area contributed by atoms with Gasteiger partial charge in [-0.15, -0.1) is 0 Å². The van der Waals surface area contributed by atoms with Crippen LogP contribution in [0.15, 0.2) is 48.5 Å². The molecular weight excluding hydrogens is 310 g/mol. The zero-order valence-corrected chi connectivity index (χ0v) is 15.6. The summed E-state index contributed by atoms with van der Waals surface area (Å²) >= 11 is 0. The van der Waals surface area contributed by atoms with Crippen molar-refractivity contribution in [3.05, 3.63) is 59.7 Å². The Labute approximate surface area is 151 Å². The molecule has 0 saturated carbocycles. The van der Waals surface area contributed by atoms with E-state index in [1.807, 2.05) is 36.4 Å². The molecule has 0 fully saturated rings. The molecule has 0 amide bonds. The molecule has 0 atom stereocenters. The first kappa shape index (κ1) is 19.1. The second-order valence-electron chi connectivity index (χ2n) is 6.36. The molecule has 3 heteroatoms. The summed E-state index contributed by atoms with van der Waals surface area (Å²) in [6, 6.07) is 15.4. The molecule has 0 aliphatic heterocycles. The molecule has 134 valence electrons. The van der Waals surface area contributed by atoms with Crippen LogP contribution in [0.1, 0.15) is 31.9 Å². The van der Waals surface area contributed by atoms with E-state index < -0.39 is 0 Å². The molecule has 0 aliphatic carbocycles. The normalized spacial score (nSPS) is 11.8. The highest BCUT2D eigenvalue weighted by molar-refractivity contribution is 5.70. The fraction of sp³-hybridized carbons (Fsp3) is 0.364. The molecule has 1 N–H and O–H groups in total. The number of likely N-dealkylation sites (N-methyl/N-ethyl adjacent to an activating group) is 1. The topological polar surface area (TPSA) is 29.5 Å². The molecule has 0 heterocycles. The highest BCUT2D eigenvalue weighted by Crippen LogP contribution is 2.17.